The second-order valence-electron chi connectivity index (χ2n) is 7.20. The molecule has 1 aromatic heterocycles. The van der Waals surface area contributed by atoms with Crippen LogP contribution in [0.4, 0.5) is 10.7 Å². The van der Waals surface area contributed by atoms with Crippen molar-refractivity contribution < 1.29 is 14.1 Å². The van der Waals surface area contributed by atoms with E-state index in [1.807, 2.05) is 25.1 Å². The van der Waals surface area contributed by atoms with E-state index >= 15 is 0 Å². The molecule has 1 fully saturated rings. The van der Waals surface area contributed by atoms with Gasteiger partial charge in [0, 0.05) is 32.6 Å². The first-order chi connectivity index (χ1) is 12.5. The summed E-state index contributed by atoms with van der Waals surface area (Å²) < 4.78 is 10.5. The number of anilines is 1. The maximum Gasteiger partial charge on any atom is 0.318 e. The highest BCUT2D eigenvalue weighted by molar-refractivity contribution is 5.75. The third-order valence-electron chi connectivity index (χ3n) is 5.13. The number of benzene rings is 1. The van der Waals surface area contributed by atoms with Crippen LogP contribution in [0.2, 0.25) is 0 Å². The minimum atomic E-state index is -0.109. The van der Waals surface area contributed by atoms with Gasteiger partial charge in [-0.2, -0.15) is 4.98 Å². The van der Waals surface area contributed by atoms with Crippen LogP contribution in [0.25, 0.3) is 0 Å². The second-order valence-corrected chi connectivity index (χ2v) is 7.20. The maximum atomic E-state index is 12.7. The number of nitrogens with zero attached hydrogens (tertiary/aromatic N) is 4. The van der Waals surface area contributed by atoms with Crippen molar-refractivity contribution in [1.82, 2.24) is 20.4 Å². The molecule has 1 N–H and O–H groups in total. The van der Waals surface area contributed by atoms with E-state index in [9.17, 15) is 4.79 Å². The number of carbonyl (C=O) groups excluding carboxylic acids is 1. The van der Waals surface area contributed by atoms with Crippen molar-refractivity contribution in [2.45, 2.75) is 31.3 Å². The molecule has 26 heavy (non-hydrogen) atoms. The van der Waals surface area contributed by atoms with Crippen LogP contribution >= 0.6 is 0 Å². The second kappa shape index (κ2) is 6.19. The van der Waals surface area contributed by atoms with E-state index in [-0.39, 0.29) is 18.0 Å². The molecule has 0 atom stereocenters. The van der Waals surface area contributed by atoms with Crippen LogP contribution < -0.4 is 15.0 Å². The highest BCUT2D eigenvalue weighted by Crippen LogP contribution is 2.53. The fraction of sp³-hybridized carbons (Fsp3) is 0.500. The average molecular weight is 357 g/mol. The molecule has 2 aliphatic rings. The number of hydrogen-bond acceptors (Lipinski definition) is 6. The molecular formula is C18H23N5O3. The van der Waals surface area contributed by atoms with Crippen LogP contribution in [-0.4, -0.2) is 48.8 Å². The molecule has 138 valence electrons. The van der Waals surface area contributed by atoms with Crippen molar-refractivity contribution >= 4 is 12.0 Å². The maximum absolute atomic E-state index is 12.7. The molecule has 1 saturated carbocycles. The zero-order valence-electron chi connectivity index (χ0n) is 15.3. The van der Waals surface area contributed by atoms with Gasteiger partial charge in [-0.05, 0) is 41.3 Å². The molecule has 2 heterocycles. The molecule has 8 heteroatoms. The lowest BCUT2D eigenvalue weighted by atomic mass is 9.87. The van der Waals surface area contributed by atoms with Gasteiger partial charge < -0.3 is 24.4 Å². The molecule has 2 amide bonds. The highest BCUT2D eigenvalue weighted by Gasteiger charge is 2.50. The van der Waals surface area contributed by atoms with Gasteiger partial charge in [0.15, 0.2) is 0 Å². The zero-order valence-corrected chi connectivity index (χ0v) is 15.3. The Morgan fingerprint density at radius 2 is 2.23 bits per heavy atom. The lowest BCUT2D eigenvalue weighted by molar-refractivity contribution is 0.181. The minimum Gasteiger partial charge on any atom is -0.497 e. The number of nitrogens with one attached hydrogen (secondary N) is 1. The SMILES string of the molecule is COc1ccc2c(c1)C1(CC1)CN(C(=O)NCc1nc(N(C)C)no1)C2. The summed E-state index contributed by atoms with van der Waals surface area (Å²) in [6.45, 7) is 1.55. The van der Waals surface area contributed by atoms with E-state index < -0.39 is 0 Å². The van der Waals surface area contributed by atoms with Crippen LogP contribution in [0.3, 0.4) is 0 Å². The van der Waals surface area contributed by atoms with E-state index in [0.717, 1.165) is 25.1 Å². The van der Waals surface area contributed by atoms with E-state index in [1.54, 1.807) is 12.0 Å². The average Bonchev–Trinajstić information content (AvgIpc) is 3.24. The van der Waals surface area contributed by atoms with Crippen molar-refractivity contribution in [3.05, 3.63) is 35.2 Å². The predicted octanol–water partition coefficient (Wildman–Crippen LogP) is 1.90. The van der Waals surface area contributed by atoms with Gasteiger partial charge in [-0.15, -0.1) is 0 Å². The fourth-order valence-electron chi connectivity index (χ4n) is 3.51. The van der Waals surface area contributed by atoms with Gasteiger partial charge in [-0.25, -0.2) is 4.79 Å². The topological polar surface area (TPSA) is 83.7 Å². The van der Waals surface area contributed by atoms with Crippen molar-refractivity contribution in [2.75, 3.05) is 32.6 Å². The number of hydrogen-bond donors (Lipinski definition) is 1. The quantitative estimate of drug-likeness (QED) is 0.900. The van der Waals surface area contributed by atoms with Crippen LogP contribution in [0.15, 0.2) is 22.7 Å². The first-order valence-corrected chi connectivity index (χ1v) is 8.71. The van der Waals surface area contributed by atoms with Crippen LogP contribution in [0.1, 0.15) is 29.9 Å². The number of ether oxygens (including phenoxy) is 1. The van der Waals surface area contributed by atoms with E-state index in [4.69, 9.17) is 9.26 Å². The van der Waals surface area contributed by atoms with Gasteiger partial charge in [0.05, 0.1) is 13.7 Å². The van der Waals surface area contributed by atoms with Crippen molar-refractivity contribution in [1.29, 1.82) is 0 Å². The number of amides is 2. The Bertz CT molecular complexity index is 828. The van der Waals surface area contributed by atoms with Gasteiger partial charge >= 0.3 is 6.03 Å². The Labute approximate surface area is 152 Å². The minimum absolute atomic E-state index is 0.0854. The number of aromatic nitrogens is 2. The van der Waals surface area contributed by atoms with Gasteiger partial charge in [0.2, 0.25) is 5.89 Å². The fourth-order valence-corrected chi connectivity index (χ4v) is 3.51. The summed E-state index contributed by atoms with van der Waals surface area (Å²) >= 11 is 0. The normalized spacial score (nSPS) is 17.0. The third-order valence-corrected chi connectivity index (χ3v) is 5.13. The summed E-state index contributed by atoms with van der Waals surface area (Å²) in [5.41, 5.74) is 2.60. The first kappa shape index (κ1) is 16.7. The molecule has 0 radical (unpaired) electrons. The largest absolute Gasteiger partial charge is 0.497 e. The molecule has 4 rings (SSSR count). The highest BCUT2D eigenvalue weighted by atomic mass is 16.5. The summed E-state index contributed by atoms with van der Waals surface area (Å²) in [5.74, 6) is 1.76. The van der Waals surface area contributed by atoms with E-state index in [0.29, 0.717) is 18.4 Å². The van der Waals surface area contributed by atoms with Gasteiger partial charge in [-0.1, -0.05) is 6.07 Å². The monoisotopic (exact) mass is 357 g/mol. The molecule has 1 aromatic carbocycles. The number of carbonyl (C=O) groups is 1. The Kier molecular flexibility index (Phi) is 3.97. The summed E-state index contributed by atoms with van der Waals surface area (Å²) in [6.07, 6.45) is 2.21. The van der Waals surface area contributed by atoms with Crippen molar-refractivity contribution in [3.63, 3.8) is 0 Å². The Hall–Kier alpha value is -2.77. The Balaban J connectivity index is 1.44. The van der Waals surface area contributed by atoms with Gasteiger partial charge in [0.1, 0.15) is 5.75 Å². The summed E-state index contributed by atoms with van der Waals surface area (Å²) in [5, 5.41) is 6.74. The summed E-state index contributed by atoms with van der Waals surface area (Å²) in [7, 11) is 5.36. The van der Waals surface area contributed by atoms with Crippen LogP contribution in [0, 0.1) is 0 Å². The summed E-state index contributed by atoms with van der Waals surface area (Å²) in [6, 6.07) is 6.04. The summed E-state index contributed by atoms with van der Waals surface area (Å²) in [4.78, 5) is 20.5. The molecule has 8 nitrogen and oxygen atoms in total. The van der Waals surface area contributed by atoms with E-state index in [2.05, 4.69) is 27.6 Å². The molecule has 0 unspecified atom stereocenters. The number of rotatable bonds is 4. The zero-order chi connectivity index (χ0) is 18.3. The first-order valence-electron chi connectivity index (χ1n) is 8.71. The molecular weight excluding hydrogens is 334 g/mol. The smallest absolute Gasteiger partial charge is 0.318 e. The Morgan fingerprint density at radius 1 is 1.42 bits per heavy atom. The van der Waals surface area contributed by atoms with Gasteiger partial charge in [-0.3, -0.25) is 0 Å². The number of urea groups is 1. The van der Waals surface area contributed by atoms with Crippen LogP contribution in [-0.2, 0) is 18.5 Å². The van der Waals surface area contributed by atoms with E-state index in [1.165, 1.54) is 11.1 Å². The molecule has 1 aliphatic carbocycles. The Morgan fingerprint density at radius 3 is 2.88 bits per heavy atom. The molecule has 0 saturated heterocycles. The lowest BCUT2D eigenvalue weighted by Gasteiger charge is -2.35. The number of methoxy groups -OCH3 is 1. The molecule has 2 aromatic rings. The molecule has 1 aliphatic heterocycles. The van der Waals surface area contributed by atoms with Gasteiger partial charge in [0.25, 0.3) is 5.95 Å². The van der Waals surface area contributed by atoms with Crippen LogP contribution in [0.5, 0.6) is 5.75 Å². The molecule has 1 spiro atoms. The predicted molar refractivity (Wildman–Crippen MR) is 95.2 cm³/mol. The van der Waals surface area contributed by atoms with Crippen molar-refractivity contribution in [2.24, 2.45) is 0 Å². The lowest BCUT2D eigenvalue weighted by Crippen LogP contribution is -2.46. The van der Waals surface area contributed by atoms with Crippen molar-refractivity contribution in [3.8, 4) is 5.75 Å². The molecule has 0 bridgehead atoms. The standard InChI is InChI=1S/C18H23N5O3/c1-22(2)16-20-15(26-21-16)9-19-17(24)23-10-12-4-5-13(25-3)8-14(12)18(11-23)6-7-18/h4-5,8H,6-7,9-11H2,1-3H3,(H,19,24). The number of fused-ring (bicyclic) bond motifs is 2. The third kappa shape index (κ3) is 2.95.